The molecule has 0 saturated carbocycles. The molecule has 5 heteroatoms. The standard InChI is InChI=1S/C13H18FNO3/c1-4-9(13(16)17)8-15(2)11-7-10(14)5-6-12(11)18-3/h5-7,9H,4,8H2,1-3H3,(H,16,17). The van der Waals surface area contributed by atoms with Gasteiger partial charge in [-0.1, -0.05) is 6.92 Å². The molecule has 0 amide bonds. The van der Waals surface area contributed by atoms with Gasteiger partial charge in [0.15, 0.2) is 0 Å². The molecule has 1 rings (SSSR count). The number of aliphatic carboxylic acids is 1. The van der Waals surface area contributed by atoms with Gasteiger partial charge in [0.05, 0.1) is 18.7 Å². The largest absolute Gasteiger partial charge is 0.495 e. The second-order valence-corrected chi connectivity index (χ2v) is 4.14. The normalized spacial score (nSPS) is 12.0. The summed E-state index contributed by atoms with van der Waals surface area (Å²) in [5.74, 6) is -1.18. The van der Waals surface area contributed by atoms with Crippen LogP contribution in [-0.4, -0.2) is 31.8 Å². The summed E-state index contributed by atoms with van der Waals surface area (Å²) in [5, 5.41) is 9.02. The van der Waals surface area contributed by atoms with Crippen LogP contribution in [0.3, 0.4) is 0 Å². The van der Waals surface area contributed by atoms with Crippen molar-refractivity contribution in [1.29, 1.82) is 0 Å². The zero-order chi connectivity index (χ0) is 13.7. The minimum absolute atomic E-state index is 0.311. The molecule has 100 valence electrons. The van der Waals surface area contributed by atoms with Crippen LogP contribution in [0.5, 0.6) is 5.75 Å². The number of anilines is 1. The van der Waals surface area contributed by atoms with E-state index in [-0.39, 0.29) is 5.82 Å². The third-order valence-electron chi connectivity index (χ3n) is 2.89. The van der Waals surface area contributed by atoms with Crippen LogP contribution in [0, 0.1) is 11.7 Å². The number of rotatable bonds is 6. The summed E-state index contributed by atoms with van der Waals surface area (Å²) in [6, 6.07) is 4.18. The molecule has 1 unspecified atom stereocenters. The van der Waals surface area contributed by atoms with E-state index in [2.05, 4.69) is 0 Å². The summed E-state index contributed by atoms with van der Waals surface area (Å²) in [6.07, 6.45) is 0.525. The van der Waals surface area contributed by atoms with Gasteiger partial charge < -0.3 is 14.7 Å². The van der Waals surface area contributed by atoms with Crippen molar-refractivity contribution >= 4 is 11.7 Å². The molecule has 0 bridgehead atoms. The van der Waals surface area contributed by atoms with Crippen molar-refractivity contribution in [3.63, 3.8) is 0 Å². The first kappa shape index (κ1) is 14.3. The Hall–Kier alpha value is -1.78. The SMILES string of the molecule is CCC(CN(C)c1cc(F)ccc1OC)C(=O)O. The molecule has 0 aromatic heterocycles. The molecule has 1 aromatic carbocycles. The van der Waals surface area contributed by atoms with Crippen molar-refractivity contribution in [3.05, 3.63) is 24.0 Å². The molecule has 0 radical (unpaired) electrons. The quantitative estimate of drug-likeness (QED) is 0.848. The lowest BCUT2D eigenvalue weighted by atomic mass is 10.1. The van der Waals surface area contributed by atoms with Crippen molar-refractivity contribution in [2.24, 2.45) is 5.92 Å². The molecular formula is C13H18FNO3. The smallest absolute Gasteiger partial charge is 0.308 e. The van der Waals surface area contributed by atoms with Gasteiger partial charge >= 0.3 is 5.97 Å². The summed E-state index contributed by atoms with van der Waals surface area (Å²) in [7, 11) is 3.22. The molecule has 1 atom stereocenters. The Morgan fingerprint density at radius 3 is 2.72 bits per heavy atom. The molecule has 0 aliphatic rings. The number of halogens is 1. The van der Waals surface area contributed by atoms with Gasteiger partial charge in [-0.3, -0.25) is 4.79 Å². The first-order valence-electron chi connectivity index (χ1n) is 5.77. The second-order valence-electron chi connectivity index (χ2n) is 4.14. The number of nitrogens with zero attached hydrogens (tertiary/aromatic N) is 1. The average molecular weight is 255 g/mol. The summed E-state index contributed by atoms with van der Waals surface area (Å²) in [6.45, 7) is 2.13. The predicted molar refractivity (Wildman–Crippen MR) is 67.6 cm³/mol. The highest BCUT2D eigenvalue weighted by molar-refractivity contribution is 5.71. The minimum atomic E-state index is -0.847. The molecule has 18 heavy (non-hydrogen) atoms. The van der Waals surface area contributed by atoms with Crippen LogP contribution in [0.15, 0.2) is 18.2 Å². The molecule has 1 aromatic rings. The summed E-state index contributed by atoms with van der Waals surface area (Å²) < 4.78 is 18.4. The van der Waals surface area contributed by atoms with Gasteiger partial charge in [-0.25, -0.2) is 4.39 Å². The van der Waals surface area contributed by atoms with Gasteiger partial charge in [0.1, 0.15) is 11.6 Å². The van der Waals surface area contributed by atoms with Crippen LogP contribution in [0.2, 0.25) is 0 Å². The molecule has 4 nitrogen and oxygen atoms in total. The van der Waals surface area contributed by atoms with Crippen LogP contribution >= 0.6 is 0 Å². The average Bonchev–Trinajstić information content (AvgIpc) is 2.35. The van der Waals surface area contributed by atoms with Gasteiger partial charge in [-0.2, -0.15) is 0 Å². The monoisotopic (exact) mass is 255 g/mol. The third-order valence-corrected chi connectivity index (χ3v) is 2.89. The number of benzene rings is 1. The summed E-state index contributed by atoms with van der Waals surface area (Å²) in [4.78, 5) is 12.7. The minimum Gasteiger partial charge on any atom is -0.495 e. The number of hydrogen-bond acceptors (Lipinski definition) is 3. The molecule has 0 saturated heterocycles. The zero-order valence-electron chi connectivity index (χ0n) is 10.8. The Balaban J connectivity index is 2.92. The number of carbonyl (C=O) groups is 1. The number of ether oxygens (including phenoxy) is 1. The van der Waals surface area contributed by atoms with E-state index < -0.39 is 11.9 Å². The number of methoxy groups -OCH3 is 1. The van der Waals surface area contributed by atoms with Crippen LogP contribution in [0.25, 0.3) is 0 Å². The van der Waals surface area contributed by atoms with E-state index in [1.165, 1.54) is 25.3 Å². The number of carboxylic acids is 1. The molecular weight excluding hydrogens is 237 g/mol. The van der Waals surface area contributed by atoms with Gasteiger partial charge in [0.2, 0.25) is 0 Å². The third kappa shape index (κ3) is 3.35. The maximum atomic E-state index is 13.2. The van der Waals surface area contributed by atoms with E-state index >= 15 is 0 Å². The molecule has 0 heterocycles. The fourth-order valence-corrected chi connectivity index (χ4v) is 1.77. The van der Waals surface area contributed by atoms with Crippen LogP contribution < -0.4 is 9.64 Å². The first-order chi connectivity index (χ1) is 8.49. The lowest BCUT2D eigenvalue weighted by molar-refractivity contribution is -0.141. The van der Waals surface area contributed by atoms with E-state index in [0.29, 0.717) is 24.4 Å². The van der Waals surface area contributed by atoms with Crippen LogP contribution in [-0.2, 0) is 4.79 Å². The van der Waals surface area contributed by atoms with E-state index in [0.717, 1.165) is 0 Å². The Kier molecular flexibility index (Phi) is 4.95. The molecule has 0 aliphatic heterocycles. The fourth-order valence-electron chi connectivity index (χ4n) is 1.77. The van der Waals surface area contributed by atoms with Gasteiger partial charge in [0.25, 0.3) is 0 Å². The molecule has 0 fully saturated rings. The Labute approximate surface area is 106 Å². The van der Waals surface area contributed by atoms with Crippen LogP contribution in [0.1, 0.15) is 13.3 Å². The first-order valence-corrected chi connectivity index (χ1v) is 5.77. The number of carboxylic acid groups (broad SMARTS) is 1. The van der Waals surface area contributed by atoms with Crippen molar-refractivity contribution in [2.45, 2.75) is 13.3 Å². The molecule has 0 aliphatic carbocycles. The van der Waals surface area contributed by atoms with Gasteiger partial charge in [-0.05, 0) is 18.6 Å². The molecule has 0 spiro atoms. The predicted octanol–water partition coefficient (Wildman–Crippen LogP) is 2.38. The lowest BCUT2D eigenvalue weighted by Crippen LogP contribution is -2.30. The van der Waals surface area contributed by atoms with Gasteiger partial charge in [-0.15, -0.1) is 0 Å². The van der Waals surface area contributed by atoms with Crippen molar-refractivity contribution in [2.75, 3.05) is 25.6 Å². The van der Waals surface area contributed by atoms with E-state index in [1.807, 2.05) is 6.92 Å². The topological polar surface area (TPSA) is 49.8 Å². The van der Waals surface area contributed by atoms with Crippen molar-refractivity contribution < 1.29 is 19.0 Å². The zero-order valence-corrected chi connectivity index (χ0v) is 10.8. The summed E-state index contributed by atoms with van der Waals surface area (Å²) in [5.41, 5.74) is 0.553. The highest BCUT2D eigenvalue weighted by Gasteiger charge is 2.19. The van der Waals surface area contributed by atoms with E-state index in [4.69, 9.17) is 9.84 Å². The van der Waals surface area contributed by atoms with Crippen molar-refractivity contribution in [3.8, 4) is 5.75 Å². The van der Waals surface area contributed by atoms with E-state index in [9.17, 15) is 9.18 Å². The lowest BCUT2D eigenvalue weighted by Gasteiger charge is -2.24. The Morgan fingerprint density at radius 1 is 1.56 bits per heavy atom. The highest BCUT2D eigenvalue weighted by Crippen LogP contribution is 2.28. The Bertz CT molecular complexity index is 423. The van der Waals surface area contributed by atoms with Gasteiger partial charge in [0, 0.05) is 19.7 Å². The Morgan fingerprint density at radius 2 is 2.22 bits per heavy atom. The van der Waals surface area contributed by atoms with Crippen LogP contribution in [0.4, 0.5) is 10.1 Å². The second kappa shape index (κ2) is 6.23. The van der Waals surface area contributed by atoms with Crippen molar-refractivity contribution in [1.82, 2.24) is 0 Å². The number of hydrogen-bond donors (Lipinski definition) is 1. The fraction of sp³-hybridized carbons (Fsp3) is 0.462. The van der Waals surface area contributed by atoms with E-state index in [1.54, 1.807) is 11.9 Å². The highest BCUT2D eigenvalue weighted by atomic mass is 19.1. The maximum Gasteiger partial charge on any atom is 0.308 e. The summed E-state index contributed by atoms with van der Waals surface area (Å²) >= 11 is 0. The maximum absolute atomic E-state index is 13.2. The molecule has 1 N–H and O–H groups in total.